The number of rotatable bonds is 2. The lowest BCUT2D eigenvalue weighted by molar-refractivity contribution is 0.328. The fourth-order valence-electron chi connectivity index (χ4n) is 3.86. The molecule has 1 N–H and O–H groups in total. The fraction of sp³-hybridized carbons (Fsp3) is 0.625. The SMILES string of the molecule is Cc1cc2c(N3CCCC(C4CCCN4)C3)ncnc2s1. The van der Waals surface area contributed by atoms with E-state index in [9.17, 15) is 0 Å². The average molecular weight is 302 g/mol. The van der Waals surface area contributed by atoms with Crippen molar-refractivity contribution in [3.05, 3.63) is 17.3 Å². The minimum atomic E-state index is 0.717. The first kappa shape index (κ1) is 13.5. The topological polar surface area (TPSA) is 41.0 Å². The second-order valence-electron chi connectivity index (χ2n) is 6.32. The molecule has 2 unspecified atom stereocenters. The van der Waals surface area contributed by atoms with Crippen molar-refractivity contribution in [2.24, 2.45) is 5.92 Å². The van der Waals surface area contributed by atoms with E-state index in [-0.39, 0.29) is 0 Å². The lowest BCUT2D eigenvalue weighted by Crippen LogP contribution is -2.43. The molecule has 0 bridgehead atoms. The number of nitrogens with one attached hydrogen (secondary N) is 1. The second-order valence-corrected chi connectivity index (χ2v) is 7.56. The van der Waals surface area contributed by atoms with Crippen LogP contribution in [0.15, 0.2) is 12.4 Å². The summed E-state index contributed by atoms with van der Waals surface area (Å²) in [5.41, 5.74) is 0. The summed E-state index contributed by atoms with van der Waals surface area (Å²) in [5.74, 6) is 1.91. The molecule has 2 aromatic heterocycles. The first-order valence-electron chi connectivity index (χ1n) is 8.01. The average Bonchev–Trinajstić information content (AvgIpc) is 3.15. The molecule has 5 heteroatoms. The number of piperidine rings is 1. The van der Waals surface area contributed by atoms with E-state index in [0.29, 0.717) is 6.04 Å². The van der Waals surface area contributed by atoms with Crippen LogP contribution in [0.2, 0.25) is 0 Å². The molecule has 21 heavy (non-hydrogen) atoms. The molecule has 2 atom stereocenters. The van der Waals surface area contributed by atoms with Gasteiger partial charge in [0.1, 0.15) is 17.0 Å². The highest BCUT2D eigenvalue weighted by Gasteiger charge is 2.30. The zero-order valence-corrected chi connectivity index (χ0v) is 13.3. The quantitative estimate of drug-likeness (QED) is 0.926. The Morgan fingerprint density at radius 2 is 2.24 bits per heavy atom. The van der Waals surface area contributed by atoms with Crippen LogP contribution >= 0.6 is 11.3 Å². The van der Waals surface area contributed by atoms with Gasteiger partial charge in [-0.1, -0.05) is 0 Å². The third-order valence-electron chi connectivity index (χ3n) is 4.86. The molecule has 112 valence electrons. The van der Waals surface area contributed by atoms with Gasteiger partial charge in [0.15, 0.2) is 0 Å². The molecule has 0 aromatic carbocycles. The van der Waals surface area contributed by atoms with Crippen LogP contribution in [0.25, 0.3) is 10.2 Å². The maximum absolute atomic E-state index is 4.61. The Kier molecular flexibility index (Phi) is 3.55. The molecule has 4 rings (SSSR count). The van der Waals surface area contributed by atoms with Crippen molar-refractivity contribution >= 4 is 27.4 Å². The van der Waals surface area contributed by atoms with Gasteiger partial charge >= 0.3 is 0 Å². The monoisotopic (exact) mass is 302 g/mol. The number of hydrogen-bond donors (Lipinski definition) is 1. The lowest BCUT2D eigenvalue weighted by atomic mass is 9.89. The van der Waals surface area contributed by atoms with Gasteiger partial charge in [0, 0.05) is 24.0 Å². The summed E-state index contributed by atoms with van der Waals surface area (Å²) in [7, 11) is 0. The summed E-state index contributed by atoms with van der Waals surface area (Å²) >= 11 is 1.77. The lowest BCUT2D eigenvalue weighted by Gasteiger charge is -2.36. The van der Waals surface area contributed by atoms with Crippen LogP contribution in [0.3, 0.4) is 0 Å². The van der Waals surface area contributed by atoms with E-state index in [1.807, 2.05) is 0 Å². The van der Waals surface area contributed by atoms with Crippen molar-refractivity contribution in [2.45, 2.75) is 38.6 Å². The fourth-order valence-corrected chi connectivity index (χ4v) is 4.70. The molecule has 0 aliphatic carbocycles. The smallest absolute Gasteiger partial charge is 0.140 e. The third kappa shape index (κ3) is 2.53. The molecule has 0 spiro atoms. The molecule has 2 aliphatic rings. The van der Waals surface area contributed by atoms with Crippen LogP contribution in [0.5, 0.6) is 0 Å². The number of aromatic nitrogens is 2. The van der Waals surface area contributed by atoms with E-state index in [1.54, 1.807) is 17.7 Å². The predicted molar refractivity (Wildman–Crippen MR) is 88.1 cm³/mol. The highest BCUT2D eigenvalue weighted by molar-refractivity contribution is 7.18. The van der Waals surface area contributed by atoms with Crippen molar-refractivity contribution in [3.63, 3.8) is 0 Å². The predicted octanol–water partition coefficient (Wildman–Crippen LogP) is 2.97. The van der Waals surface area contributed by atoms with E-state index in [1.165, 1.54) is 42.5 Å². The Bertz CT molecular complexity index is 632. The maximum Gasteiger partial charge on any atom is 0.140 e. The van der Waals surface area contributed by atoms with Gasteiger partial charge in [0.2, 0.25) is 0 Å². The van der Waals surface area contributed by atoms with Gasteiger partial charge in [-0.25, -0.2) is 9.97 Å². The Morgan fingerprint density at radius 1 is 1.29 bits per heavy atom. The number of thiophene rings is 1. The summed E-state index contributed by atoms with van der Waals surface area (Å²) in [4.78, 5) is 14.0. The van der Waals surface area contributed by atoms with E-state index >= 15 is 0 Å². The van der Waals surface area contributed by atoms with Gasteiger partial charge in [-0.15, -0.1) is 11.3 Å². The highest BCUT2D eigenvalue weighted by atomic mass is 32.1. The summed E-state index contributed by atoms with van der Waals surface area (Å²) in [6.45, 7) is 5.61. The maximum atomic E-state index is 4.61. The van der Waals surface area contributed by atoms with Crippen LogP contribution in [-0.2, 0) is 0 Å². The van der Waals surface area contributed by atoms with Gasteiger partial charge < -0.3 is 10.2 Å². The standard InChI is InChI=1S/C16H22N4S/c1-11-8-13-15(18-10-19-16(13)21-11)20-7-3-4-12(9-20)14-5-2-6-17-14/h8,10,12,14,17H,2-7,9H2,1H3. The van der Waals surface area contributed by atoms with E-state index in [0.717, 1.165) is 29.7 Å². The molecule has 2 saturated heterocycles. The molecule has 4 heterocycles. The first-order chi connectivity index (χ1) is 10.3. The number of fused-ring (bicyclic) bond motifs is 1. The van der Waals surface area contributed by atoms with Crippen molar-refractivity contribution in [1.82, 2.24) is 15.3 Å². The van der Waals surface area contributed by atoms with Crippen LogP contribution < -0.4 is 10.2 Å². The molecule has 4 nitrogen and oxygen atoms in total. The molecule has 0 saturated carbocycles. The molecule has 0 radical (unpaired) electrons. The van der Waals surface area contributed by atoms with Crippen molar-refractivity contribution in [2.75, 3.05) is 24.5 Å². The number of aryl methyl sites for hydroxylation is 1. The molecule has 2 fully saturated rings. The second kappa shape index (κ2) is 5.54. The van der Waals surface area contributed by atoms with Gasteiger partial charge in [-0.2, -0.15) is 0 Å². The number of hydrogen-bond acceptors (Lipinski definition) is 5. The molecule has 2 aromatic rings. The summed E-state index contributed by atoms with van der Waals surface area (Å²) < 4.78 is 0. The summed E-state index contributed by atoms with van der Waals surface area (Å²) in [6, 6.07) is 2.96. The number of anilines is 1. The highest BCUT2D eigenvalue weighted by Crippen LogP contribution is 2.33. The molecular formula is C16H22N4S. The Morgan fingerprint density at radius 3 is 3.10 bits per heavy atom. The van der Waals surface area contributed by atoms with Crippen LogP contribution in [-0.4, -0.2) is 35.6 Å². The minimum absolute atomic E-state index is 0.717. The van der Waals surface area contributed by atoms with Gasteiger partial charge in [-0.05, 0) is 51.1 Å². The Hall–Kier alpha value is -1.20. The summed E-state index contributed by atoms with van der Waals surface area (Å²) in [6.07, 6.45) is 7.03. The zero-order valence-electron chi connectivity index (χ0n) is 12.5. The van der Waals surface area contributed by atoms with E-state index in [4.69, 9.17) is 0 Å². The zero-order chi connectivity index (χ0) is 14.2. The van der Waals surface area contributed by atoms with E-state index in [2.05, 4.69) is 33.2 Å². The van der Waals surface area contributed by atoms with E-state index < -0.39 is 0 Å². The largest absolute Gasteiger partial charge is 0.356 e. The molecular weight excluding hydrogens is 280 g/mol. The third-order valence-corrected chi connectivity index (χ3v) is 5.81. The molecule has 2 aliphatic heterocycles. The van der Waals surface area contributed by atoms with Crippen molar-refractivity contribution < 1.29 is 0 Å². The van der Waals surface area contributed by atoms with Gasteiger partial charge in [0.05, 0.1) is 5.39 Å². The molecule has 0 amide bonds. The number of nitrogens with zero attached hydrogens (tertiary/aromatic N) is 3. The normalized spacial score (nSPS) is 26.6. The van der Waals surface area contributed by atoms with Gasteiger partial charge in [-0.3, -0.25) is 0 Å². The first-order valence-corrected chi connectivity index (χ1v) is 8.82. The minimum Gasteiger partial charge on any atom is -0.356 e. The van der Waals surface area contributed by atoms with Gasteiger partial charge in [0.25, 0.3) is 0 Å². The van der Waals surface area contributed by atoms with Crippen LogP contribution in [0.4, 0.5) is 5.82 Å². The van der Waals surface area contributed by atoms with Crippen molar-refractivity contribution in [3.8, 4) is 0 Å². The van der Waals surface area contributed by atoms with Crippen LogP contribution in [0.1, 0.15) is 30.6 Å². The van der Waals surface area contributed by atoms with Crippen LogP contribution in [0, 0.1) is 12.8 Å². The summed E-state index contributed by atoms with van der Waals surface area (Å²) in [5, 5.41) is 4.92. The Balaban J connectivity index is 1.61. The van der Waals surface area contributed by atoms with Crippen molar-refractivity contribution in [1.29, 1.82) is 0 Å². The Labute approximate surface area is 129 Å².